The summed E-state index contributed by atoms with van der Waals surface area (Å²) in [5.74, 6) is 0. The molecule has 1 heterocycles. The lowest BCUT2D eigenvalue weighted by molar-refractivity contribution is 1.17. The minimum Gasteiger partial charge on any atom is -0.236 e. The van der Waals surface area contributed by atoms with E-state index in [4.69, 9.17) is 23.2 Å². The molecular formula is C16H10BrCl2N. The Morgan fingerprint density at radius 3 is 2.45 bits per heavy atom. The van der Waals surface area contributed by atoms with Gasteiger partial charge in [-0.05, 0) is 47.5 Å². The molecule has 0 spiro atoms. The predicted octanol–water partition coefficient (Wildman–Crippen LogP) is 5.89. The molecule has 0 N–H and O–H groups in total. The Balaban J connectivity index is 2.02. The molecule has 1 aromatic heterocycles. The molecule has 1 nitrogen and oxygen atoms in total. The number of hydrogen-bond donors (Lipinski definition) is 0. The van der Waals surface area contributed by atoms with E-state index in [2.05, 4.69) is 39.1 Å². The summed E-state index contributed by atoms with van der Waals surface area (Å²) in [6.45, 7) is 0. The van der Waals surface area contributed by atoms with E-state index in [9.17, 15) is 0 Å². The first-order chi connectivity index (χ1) is 9.61. The fraction of sp³-hybridized carbons (Fsp3) is 0.0625. The van der Waals surface area contributed by atoms with Gasteiger partial charge in [0.15, 0.2) is 0 Å². The van der Waals surface area contributed by atoms with Gasteiger partial charge in [-0.2, -0.15) is 0 Å². The van der Waals surface area contributed by atoms with Crippen molar-refractivity contribution >= 4 is 50.0 Å². The van der Waals surface area contributed by atoms with Gasteiger partial charge in [0.2, 0.25) is 0 Å². The number of aromatic nitrogens is 1. The van der Waals surface area contributed by atoms with Crippen molar-refractivity contribution in [3.63, 3.8) is 0 Å². The number of halogens is 3. The summed E-state index contributed by atoms with van der Waals surface area (Å²) < 4.78 is 1.07. The zero-order valence-corrected chi connectivity index (χ0v) is 13.5. The summed E-state index contributed by atoms with van der Waals surface area (Å²) in [7, 11) is 0. The van der Waals surface area contributed by atoms with Gasteiger partial charge >= 0.3 is 0 Å². The highest BCUT2D eigenvalue weighted by Crippen LogP contribution is 2.25. The molecule has 0 amide bonds. The molecule has 0 saturated heterocycles. The third kappa shape index (κ3) is 2.98. The second kappa shape index (κ2) is 5.72. The van der Waals surface area contributed by atoms with E-state index < -0.39 is 0 Å². The average molecular weight is 367 g/mol. The van der Waals surface area contributed by atoms with E-state index in [1.54, 1.807) is 0 Å². The summed E-state index contributed by atoms with van der Waals surface area (Å²) in [6.07, 6.45) is 0.752. The SMILES string of the molecule is Clc1ccc2nc(Cl)c(Cc3ccc(Br)cc3)cc2c1. The molecule has 100 valence electrons. The maximum absolute atomic E-state index is 6.27. The smallest absolute Gasteiger partial charge is 0.133 e. The van der Waals surface area contributed by atoms with E-state index >= 15 is 0 Å². The maximum Gasteiger partial charge on any atom is 0.133 e. The van der Waals surface area contributed by atoms with Crippen LogP contribution < -0.4 is 0 Å². The summed E-state index contributed by atoms with van der Waals surface area (Å²) >= 11 is 15.7. The van der Waals surface area contributed by atoms with E-state index in [-0.39, 0.29) is 0 Å². The minimum atomic E-state index is 0.544. The van der Waals surface area contributed by atoms with E-state index in [1.165, 1.54) is 5.56 Å². The maximum atomic E-state index is 6.27. The molecule has 0 aliphatic heterocycles. The molecular weight excluding hydrogens is 357 g/mol. The number of hydrogen-bond acceptors (Lipinski definition) is 1. The van der Waals surface area contributed by atoms with E-state index in [0.29, 0.717) is 10.2 Å². The van der Waals surface area contributed by atoms with Crippen LogP contribution >= 0.6 is 39.1 Å². The molecule has 0 aliphatic rings. The third-order valence-electron chi connectivity index (χ3n) is 3.11. The van der Waals surface area contributed by atoms with Crippen molar-refractivity contribution in [2.24, 2.45) is 0 Å². The molecule has 4 heteroatoms. The summed E-state index contributed by atoms with van der Waals surface area (Å²) in [4.78, 5) is 4.43. The lowest BCUT2D eigenvalue weighted by Crippen LogP contribution is -1.92. The second-order valence-electron chi connectivity index (χ2n) is 4.58. The highest BCUT2D eigenvalue weighted by molar-refractivity contribution is 9.10. The second-order valence-corrected chi connectivity index (χ2v) is 6.29. The zero-order chi connectivity index (χ0) is 14.1. The van der Waals surface area contributed by atoms with Crippen molar-refractivity contribution in [1.82, 2.24) is 4.98 Å². The van der Waals surface area contributed by atoms with Gasteiger partial charge in [0.25, 0.3) is 0 Å². The van der Waals surface area contributed by atoms with Crippen LogP contribution in [0.4, 0.5) is 0 Å². The summed E-state index contributed by atoms with van der Waals surface area (Å²) in [5.41, 5.74) is 3.06. The lowest BCUT2D eigenvalue weighted by Gasteiger charge is -2.07. The Hall–Kier alpha value is -1.09. The highest BCUT2D eigenvalue weighted by Gasteiger charge is 2.06. The van der Waals surface area contributed by atoms with Crippen LogP contribution in [0, 0.1) is 0 Å². The Bertz CT molecular complexity index is 769. The molecule has 0 fully saturated rings. The first-order valence-electron chi connectivity index (χ1n) is 6.11. The van der Waals surface area contributed by atoms with Crippen LogP contribution in [-0.2, 0) is 6.42 Å². The largest absolute Gasteiger partial charge is 0.236 e. The van der Waals surface area contributed by atoms with Gasteiger partial charge < -0.3 is 0 Å². The number of benzene rings is 2. The van der Waals surface area contributed by atoms with Crippen LogP contribution in [-0.4, -0.2) is 4.98 Å². The minimum absolute atomic E-state index is 0.544. The van der Waals surface area contributed by atoms with Crippen LogP contribution in [0.1, 0.15) is 11.1 Å². The Labute approximate surface area is 135 Å². The summed E-state index contributed by atoms with van der Waals surface area (Å²) in [5, 5.41) is 2.26. The first kappa shape index (κ1) is 13.9. The number of nitrogens with zero attached hydrogens (tertiary/aromatic N) is 1. The Morgan fingerprint density at radius 2 is 1.70 bits per heavy atom. The topological polar surface area (TPSA) is 12.9 Å². The average Bonchev–Trinajstić information content (AvgIpc) is 2.42. The molecule has 3 rings (SSSR count). The third-order valence-corrected chi connectivity index (χ3v) is 4.20. The molecule has 0 aliphatic carbocycles. The molecule has 0 atom stereocenters. The molecule has 0 unspecified atom stereocenters. The molecule has 20 heavy (non-hydrogen) atoms. The van der Waals surface area contributed by atoms with Crippen LogP contribution in [0.25, 0.3) is 10.9 Å². The normalized spacial score (nSPS) is 10.9. The van der Waals surface area contributed by atoms with Gasteiger partial charge in [-0.3, -0.25) is 0 Å². The van der Waals surface area contributed by atoms with Gasteiger partial charge in [-0.1, -0.05) is 51.3 Å². The first-order valence-corrected chi connectivity index (χ1v) is 7.66. The van der Waals surface area contributed by atoms with Crippen molar-refractivity contribution in [3.8, 4) is 0 Å². The van der Waals surface area contributed by atoms with Gasteiger partial charge in [0.05, 0.1) is 5.52 Å². The zero-order valence-electron chi connectivity index (χ0n) is 10.4. The molecule has 3 aromatic rings. The fourth-order valence-corrected chi connectivity index (χ4v) is 2.77. The Kier molecular flexibility index (Phi) is 3.97. The molecule has 0 radical (unpaired) electrons. The van der Waals surface area contributed by atoms with Crippen LogP contribution in [0.3, 0.4) is 0 Å². The van der Waals surface area contributed by atoms with E-state index in [1.807, 2.05) is 30.3 Å². The number of rotatable bonds is 2. The van der Waals surface area contributed by atoms with Crippen LogP contribution in [0.2, 0.25) is 10.2 Å². The van der Waals surface area contributed by atoms with Crippen molar-refractivity contribution in [2.45, 2.75) is 6.42 Å². The monoisotopic (exact) mass is 365 g/mol. The van der Waals surface area contributed by atoms with Gasteiger partial charge in [-0.25, -0.2) is 4.98 Å². The summed E-state index contributed by atoms with van der Waals surface area (Å²) in [6, 6.07) is 15.9. The quantitative estimate of drug-likeness (QED) is 0.515. The lowest BCUT2D eigenvalue weighted by atomic mass is 10.0. The van der Waals surface area contributed by atoms with E-state index in [0.717, 1.165) is 27.4 Å². The van der Waals surface area contributed by atoms with Crippen molar-refractivity contribution in [3.05, 3.63) is 74.3 Å². The predicted molar refractivity (Wildman–Crippen MR) is 88.7 cm³/mol. The fourth-order valence-electron chi connectivity index (χ4n) is 2.11. The van der Waals surface area contributed by atoms with Crippen LogP contribution in [0.15, 0.2) is 53.0 Å². The Morgan fingerprint density at radius 1 is 0.950 bits per heavy atom. The van der Waals surface area contributed by atoms with Gasteiger partial charge in [0.1, 0.15) is 5.15 Å². The van der Waals surface area contributed by atoms with Gasteiger partial charge in [0, 0.05) is 21.3 Å². The molecule has 2 aromatic carbocycles. The van der Waals surface area contributed by atoms with Crippen molar-refractivity contribution < 1.29 is 0 Å². The van der Waals surface area contributed by atoms with Crippen LogP contribution in [0.5, 0.6) is 0 Å². The van der Waals surface area contributed by atoms with Gasteiger partial charge in [-0.15, -0.1) is 0 Å². The highest BCUT2D eigenvalue weighted by atomic mass is 79.9. The van der Waals surface area contributed by atoms with Crippen molar-refractivity contribution in [1.29, 1.82) is 0 Å². The standard InChI is InChI=1S/C16H10BrCl2N/c17-13-3-1-10(2-4-13)7-12-8-11-9-14(18)5-6-15(11)20-16(12)19/h1-6,8-9H,7H2. The number of fused-ring (bicyclic) bond motifs is 1. The molecule has 0 bridgehead atoms. The number of pyridine rings is 1. The van der Waals surface area contributed by atoms with Crippen molar-refractivity contribution in [2.75, 3.05) is 0 Å². The molecule has 0 saturated carbocycles.